The Hall–Kier alpha value is -2.92. The maximum atomic E-state index is 13.0. The van der Waals surface area contributed by atoms with Gasteiger partial charge >= 0.3 is 0 Å². The van der Waals surface area contributed by atoms with Crippen LogP contribution in [0.2, 0.25) is 0 Å². The molecule has 2 amide bonds. The van der Waals surface area contributed by atoms with Crippen molar-refractivity contribution in [2.24, 2.45) is 5.41 Å². The Balaban J connectivity index is 1.18. The number of para-hydroxylation sites is 1. The number of nitrogens with one attached hydrogen (secondary N) is 1. The summed E-state index contributed by atoms with van der Waals surface area (Å²) >= 11 is 0. The van der Waals surface area contributed by atoms with Crippen molar-refractivity contribution in [1.82, 2.24) is 14.8 Å². The number of benzene rings is 2. The third-order valence-corrected chi connectivity index (χ3v) is 7.10. The number of aromatic amines is 1. The lowest BCUT2D eigenvalue weighted by atomic mass is 9.70. The third-order valence-electron chi connectivity index (χ3n) is 7.10. The van der Waals surface area contributed by atoms with E-state index in [4.69, 9.17) is 0 Å². The number of fused-ring (bicyclic) bond motifs is 1. The Morgan fingerprint density at radius 2 is 1.55 bits per heavy atom. The van der Waals surface area contributed by atoms with Gasteiger partial charge < -0.3 is 4.98 Å². The molecule has 2 aromatic carbocycles. The molecule has 0 unspecified atom stereocenters. The molecule has 1 spiro atoms. The van der Waals surface area contributed by atoms with E-state index in [-0.39, 0.29) is 17.2 Å². The van der Waals surface area contributed by atoms with E-state index in [2.05, 4.69) is 40.2 Å². The van der Waals surface area contributed by atoms with E-state index in [0.717, 1.165) is 43.6 Å². The molecule has 0 atom stereocenters. The molecule has 160 valence electrons. The molecule has 31 heavy (non-hydrogen) atoms. The lowest BCUT2D eigenvalue weighted by molar-refractivity contribution is -0.155. The Morgan fingerprint density at radius 1 is 0.871 bits per heavy atom. The van der Waals surface area contributed by atoms with Crippen molar-refractivity contribution in [3.63, 3.8) is 0 Å². The second-order valence-corrected chi connectivity index (χ2v) is 9.16. The Morgan fingerprint density at radius 3 is 2.29 bits per heavy atom. The van der Waals surface area contributed by atoms with E-state index < -0.39 is 0 Å². The van der Waals surface area contributed by atoms with Crippen LogP contribution in [0.4, 0.5) is 0 Å². The Bertz CT molecular complexity index is 1060. The number of H-pyrrole nitrogens is 1. The molecule has 5 nitrogen and oxygen atoms in total. The molecule has 5 rings (SSSR count). The van der Waals surface area contributed by atoms with E-state index in [1.165, 1.54) is 15.8 Å². The molecule has 2 saturated heterocycles. The second kappa shape index (κ2) is 8.31. The minimum atomic E-state index is -0.140. The van der Waals surface area contributed by atoms with Crippen LogP contribution in [-0.2, 0) is 22.6 Å². The molecule has 2 aliphatic rings. The number of hydrogen-bond acceptors (Lipinski definition) is 3. The number of aromatic nitrogens is 1. The summed E-state index contributed by atoms with van der Waals surface area (Å²) < 4.78 is 0. The van der Waals surface area contributed by atoms with Crippen LogP contribution >= 0.6 is 0 Å². The highest BCUT2D eigenvalue weighted by Crippen LogP contribution is 2.42. The first-order valence-corrected chi connectivity index (χ1v) is 11.3. The molecule has 0 aliphatic carbocycles. The van der Waals surface area contributed by atoms with Crippen LogP contribution in [0.15, 0.2) is 60.8 Å². The first-order valence-electron chi connectivity index (χ1n) is 11.3. The summed E-state index contributed by atoms with van der Waals surface area (Å²) in [4.78, 5) is 33.1. The monoisotopic (exact) mass is 415 g/mol. The lowest BCUT2D eigenvalue weighted by Gasteiger charge is -2.45. The molecule has 0 saturated carbocycles. The first-order chi connectivity index (χ1) is 15.1. The molecule has 1 aromatic heterocycles. The number of rotatable bonds is 5. The first kappa shape index (κ1) is 20.0. The third kappa shape index (κ3) is 4.15. The summed E-state index contributed by atoms with van der Waals surface area (Å²) in [6.07, 6.45) is 5.55. The van der Waals surface area contributed by atoms with Crippen LogP contribution in [-0.4, -0.2) is 46.2 Å². The van der Waals surface area contributed by atoms with Gasteiger partial charge in [-0.25, -0.2) is 0 Å². The molecular formula is C26H29N3O2. The molecular weight excluding hydrogens is 386 g/mol. The van der Waals surface area contributed by atoms with Gasteiger partial charge in [0.15, 0.2) is 0 Å². The summed E-state index contributed by atoms with van der Waals surface area (Å²) in [7, 11) is 0. The van der Waals surface area contributed by atoms with Gasteiger partial charge in [-0.15, -0.1) is 0 Å². The SMILES string of the molecule is O=C1CC2(CCN(Cc3ccccc3)CC2)CC(=O)N1CCc1c[nH]c2ccccc12. The fourth-order valence-corrected chi connectivity index (χ4v) is 5.23. The molecule has 3 aromatic rings. The van der Waals surface area contributed by atoms with Crippen LogP contribution < -0.4 is 0 Å². The van der Waals surface area contributed by atoms with Crippen LogP contribution in [0.1, 0.15) is 36.8 Å². The maximum absolute atomic E-state index is 13.0. The van der Waals surface area contributed by atoms with Crippen LogP contribution in [0.5, 0.6) is 0 Å². The fourth-order valence-electron chi connectivity index (χ4n) is 5.23. The van der Waals surface area contributed by atoms with Crippen molar-refractivity contribution < 1.29 is 9.59 Å². The number of imide groups is 1. The van der Waals surface area contributed by atoms with E-state index in [1.54, 1.807) is 0 Å². The highest BCUT2D eigenvalue weighted by atomic mass is 16.2. The smallest absolute Gasteiger partial charge is 0.229 e. The standard InChI is InChI=1S/C26H29N3O2/c30-24-16-26(11-14-28(15-12-26)19-20-6-2-1-3-7-20)17-25(31)29(24)13-10-21-18-27-23-9-5-4-8-22(21)23/h1-9,18,27H,10-17,19H2. The topological polar surface area (TPSA) is 56.4 Å². The molecule has 0 bridgehead atoms. The van der Waals surface area contributed by atoms with Crippen molar-refractivity contribution >= 4 is 22.7 Å². The number of amides is 2. The average Bonchev–Trinajstić information content (AvgIpc) is 3.19. The molecule has 3 heterocycles. The van der Waals surface area contributed by atoms with Gasteiger partial charge in [0.2, 0.25) is 11.8 Å². The van der Waals surface area contributed by atoms with Gasteiger partial charge in [-0.05, 0) is 55.0 Å². The Labute approximate surface area is 183 Å². The van der Waals surface area contributed by atoms with Gasteiger partial charge in [0, 0.05) is 43.0 Å². The van der Waals surface area contributed by atoms with E-state index in [0.29, 0.717) is 25.8 Å². The number of likely N-dealkylation sites (tertiary alicyclic amines) is 2. The average molecular weight is 416 g/mol. The highest BCUT2D eigenvalue weighted by molar-refractivity contribution is 5.98. The van der Waals surface area contributed by atoms with E-state index in [9.17, 15) is 9.59 Å². The largest absolute Gasteiger partial charge is 0.361 e. The highest BCUT2D eigenvalue weighted by Gasteiger charge is 2.44. The maximum Gasteiger partial charge on any atom is 0.229 e. The summed E-state index contributed by atoms with van der Waals surface area (Å²) in [6, 6.07) is 18.7. The van der Waals surface area contributed by atoms with Gasteiger partial charge in [0.1, 0.15) is 0 Å². The minimum absolute atomic E-state index is 0.00704. The predicted octanol–water partition coefficient (Wildman–Crippen LogP) is 4.14. The van der Waals surface area contributed by atoms with Crippen LogP contribution in [0, 0.1) is 5.41 Å². The van der Waals surface area contributed by atoms with E-state index >= 15 is 0 Å². The van der Waals surface area contributed by atoms with Crippen molar-refractivity contribution in [1.29, 1.82) is 0 Å². The van der Waals surface area contributed by atoms with Crippen LogP contribution in [0.3, 0.4) is 0 Å². The zero-order valence-corrected chi connectivity index (χ0v) is 17.8. The number of carbonyl (C=O) groups is 2. The molecule has 2 fully saturated rings. The summed E-state index contributed by atoms with van der Waals surface area (Å²) in [5, 5.41) is 1.17. The number of hydrogen-bond donors (Lipinski definition) is 1. The predicted molar refractivity (Wildman–Crippen MR) is 121 cm³/mol. The van der Waals surface area contributed by atoms with Crippen molar-refractivity contribution in [3.8, 4) is 0 Å². The lowest BCUT2D eigenvalue weighted by Crippen LogP contribution is -2.52. The Kier molecular flexibility index (Phi) is 5.36. The number of piperidine rings is 2. The zero-order chi connectivity index (χ0) is 21.3. The van der Waals surface area contributed by atoms with Gasteiger partial charge in [-0.1, -0.05) is 48.5 Å². The number of nitrogens with zero attached hydrogens (tertiary/aromatic N) is 2. The number of carbonyl (C=O) groups excluding carboxylic acids is 2. The van der Waals surface area contributed by atoms with Crippen LogP contribution in [0.25, 0.3) is 10.9 Å². The summed E-state index contributed by atoms with van der Waals surface area (Å²) in [6.45, 7) is 3.31. The van der Waals surface area contributed by atoms with Crippen molar-refractivity contribution in [2.75, 3.05) is 19.6 Å². The summed E-state index contributed by atoms with van der Waals surface area (Å²) in [5.74, 6) is 0.0141. The molecule has 2 aliphatic heterocycles. The van der Waals surface area contributed by atoms with Gasteiger partial charge in [-0.3, -0.25) is 19.4 Å². The van der Waals surface area contributed by atoms with E-state index in [1.807, 2.05) is 30.5 Å². The molecule has 5 heteroatoms. The van der Waals surface area contributed by atoms with Gasteiger partial charge in [0.05, 0.1) is 0 Å². The van der Waals surface area contributed by atoms with Gasteiger partial charge in [-0.2, -0.15) is 0 Å². The normalized spacial score (nSPS) is 19.4. The minimum Gasteiger partial charge on any atom is -0.361 e. The summed E-state index contributed by atoms with van der Waals surface area (Å²) in [5.41, 5.74) is 3.43. The second-order valence-electron chi connectivity index (χ2n) is 9.16. The zero-order valence-electron chi connectivity index (χ0n) is 17.8. The van der Waals surface area contributed by atoms with Crippen molar-refractivity contribution in [3.05, 3.63) is 71.9 Å². The van der Waals surface area contributed by atoms with Gasteiger partial charge in [0.25, 0.3) is 0 Å². The molecule has 1 N–H and O–H groups in total. The molecule has 0 radical (unpaired) electrons. The fraction of sp³-hybridized carbons (Fsp3) is 0.385. The van der Waals surface area contributed by atoms with Crippen molar-refractivity contribution in [2.45, 2.75) is 38.6 Å². The quantitative estimate of drug-likeness (QED) is 0.637.